The molecule has 0 fully saturated rings. The summed E-state index contributed by atoms with van der Waals surface area (Å²) < 4.78 is 10.4. The van der Waals surface area contributed by atoms with E-state index >= 15 is 0 Å². The molecule has 1 amide bonds. The van der Waals surface area contributed by atoms with E-state index in [0.717, 1.165) is 5.56 Å². The fourth-order valence-corrected chi connectivity index (χ4v) is 2.45. The van der Waals surface area contributed by atoms with Crippen LogP contribution in [0, 0.1) is 0 Å². The summed E-state index contributed by atoms with van der Waals surface area (Å²) in [7, 11) is 3.04. The van der Waals surface area contributed by atoms with E-state index in [-0.39, 0.29) is 11.4 Å². The number of hydrogen-bond acceptors (Lipinski definition) is 7. The predicted octanol–water partition coefficient (Wildman–Crippen LogP) is 1.39. The number of anilines is 1. The van der Waals surface area contributed by atoms with E-state index in [1.54, 1.807) is 24.3 Å². The first kappa shape index (κ1) is 15.5. The Hall–Kier alpha value is -3.42. The quantitative estimate of drug-likeness (QED) is 0.742. The number of ether oxygens (including phenoxy) is 2. The normalized spacial score (nSPS) is 10.6. The molecule has 0 radical (unpaired) electrons. The maximum Gasteiger partial charge on any atom is 0.271 e. The van der Waals surface area contributed by atoms with Crippen molar-refractivity contribution in [2.45, 2.75) is 0 Å². The molecule has 0 aliphatic heterocycles. The lowest BCUT2D eigenvalue weighted by Crippen LogP contribution is -2.16. The molecule has 8 nitrogen and oxygen atoms in total. The van der Waals surface area contributed by atoms with E-state index in [9.17, 15) is 4.79 Å². The van der Waals surface area contributed by atoms with Gasteiger partial charge in [-0.3, -0.25) is 4.79 Å². The number of carbonyl (C=O) groups excluding carboxylic acids is 1. The molecule has 0 bridgehead atoms. The summed E-state index contributed by atoms with van der Waals surface area (Å²) in [5.41, 5.74) is 13.3. The monoisotopic (exact) mass is 325 g/mol. The molecule has 2 aromatic heterocycles. The minimum Gasteiger partial charge on any atom is -0.481 e. The number of aromatic nitrogens is 3. The van der Waals surface area contributed by atoms with E-state index in [0.29, 0.717) is 28.2 Å². The SMILES string of the molecule is COc1ccc(-c2cccc3c(N)c(C(N)=O)nnc23)c(OC)n1. The Morgan fingerprint density at radius 1 is 1.04 bits per heavy atom. The highest BCUT2D eigenvalue weighted by Crippen LogP contribution is 2.35. The maximum absolute atomic E-state index is 11.4. The number of pyridine rings is 1. The molecule has 24 heavy (non-hydrogen) atoms. The zero-order valence-corrected chi connectivity index (χ0v) is 13.1. The third-order valence-electron chi connectivity index (χ3n) is 3.59. The molecule has 4 N–H and O–H groups in total. The van der Waals surface area contributed by atoms with Crippen LogP contribution in [0.1, 0.15) is 10.5 Å². The second-order valence-corrected chi connectivity index (χ2v) is 4.94. The van der Waals surface area contributed by atoms with Crippen molar-refractivity contribution >= 4 is 22.5 Å². The van der Waals surface area contributed by atoms with Gasteiger partial charge in [-0.2, -0.15) is 4.98 Å². The Kier molecular flexibility index (Phi) is 3.87. The Bertz CT molecular complexity index is 942. The molecule has 1 aromatic carbocycles. The summed E-state index contributed by atoms with van der Waals surface area (Å²) in [5, 5.41) is 8.54. The standard InChI is InChI=1S/C16H15N5O3/c1-23-11-7-6-9(16(19-11)24-2)8-4-3-5-10-12(17)14(15(18)22)21-20-13(8)10/h3-7H,1-2H3,(H2,17,20)(H2,18,22). The molecular weight excluding hydrogens is 310 g/mol. The summed E-state index contributed by atoms with van der Waals surface area (Å²) >= 11 is 0. The molecule has 3 aromatic rings. The van der Waals surface area contributed by atoms with Crippen LogP contribution in [0.3, 0.4) is 0 Å². The molecular formula is C16H15N5O3. The van der Waals surface area contributed by atoms with Gasteiger partial charge in [0, 0.05) is 22.6 Å². The van der Waals surface area contributed by atoms with Crippen LogP contribution < -0.4 is 20.9 Å². The van der Waals surface area contributed by atoms with Crippen molar-refractivity contribution in [2.75, 3.05) is 20.0 Å². The molecule has 0 aliphatic carbocycles. The fourth-order valence-electron chi connectivity index (χ4n) is 2.45. The third-order valence-corrected chi connectivity index (χ3v) is 3.59. The van der Waals surface area contributed by atoms with Gasteiger partial charge in [-0.25, -0.2) is 0 Å². The molecule has 8 heteroatoms. The number of hydrogen-bond donors (Lipinski definition) is 2. The summed E-state index contributed by atoms with van der Waals surface area (Å²) in [4.78, 5) is 15.7. The number of amides is 1. The van der Waals surface area contributed by atoms with Crippen molar-refractivity contribution in [3.8, 4) is 22.9 Å². The van der Waals surface area contributed by atoms with E-state index in [1.165, 1.54) is 14.2 Å². The van der Waals surface area contributed by atoms with Crippen LogP contribution in [0.15, 0.2) is 30.3 Å². The van der Waals surface area contributed by atoms with Crippen molar-refractivity contribution in [3.63, 3.8) is 0 Å². The number of fused-ring (bicyclic) bond motifs is 1. The van der Waals surface area contributed by atoms with Gasteiger partial charge in [0.1, 0.15) is 5.52 Å². The van der Waals surface area contributed by atoms with Gasteiger partial charge in [-0.15, -0.1) is 10.2 Å². The first-order valence-corrected chi connectivity index (χ1v) is 7.01. The van der Waals surface area contributed by atoms with Gasteiger partial charge < -0.3 is 20.9 Å². The molecule has 0 atom stereocenters. The number of nitrogen functional groups attached to an aromatic ring is 1. The van der Waals surface area contributed by atoms with Gasteiger partial charge in [-0.1, -0.05) is 18.2 Å². The maximum atomic E-state index is 11.4. The van der Waals surface area contributed by atoms with Crippen LogP contribution in [0.5, 0.6) is 11.8 Å². The smallest absolute Gasteiger partial charge is 0.271 e. The second-order valence-electron chi connectivity index (χ2n) is 4.94. The molecule has 0 saturated carbocycles. The van der Waals surface area contributed by atoms with Crippen molar-refractivity contribution in [3.05, 3.63) is 36.0 Å². The molecule has 2 heterocycles. The Morgan fingerprint density at radius 2 is 1.83 bits per heavy atom. The molecule has 122 valence electrons. The summed E-state index contributed by atoms with van der Waals surface area (Å²) in [6, 6.07) is 8.90. The summed E-state index contributed by atoms with van der Waals surface area (Å²) in [5.74, 6) is 0.0784. The average molecular weight is 325 g/mol. The Morgan fingerprint density at radius 3 is 2.50 bits per heavy atom. The van der Waals surface area contributed by atoms with Crippen molar-refractivity contribution in [1.82, 2.24) is 15.2 Å². The lowest BCUT2D eigenvalue weighted by Gasteiger charge is -2.12. The molecule has 3 rings (SSSR count). The van der Waals surface area contributed by atoms with Gasteiger partial charge in [0.25, 0.3) is 5.91 Å². The van der Waals surface area contributed by atoms with Crippen LogP contribution in [0.2, 0.25) is 0 Å². The highest BCUT2D eigenvalue weighted by Gasteiger charge is 2.17. The number of methoxy groups -OCH3 is 2. The zero-order chi connectivity index (χ0) is 17.3. The fraction of sp³-hybridized carbons (Fsp3) is 0.125. The third kappa shape index (κ3) is 2.43. The van der Waals surface area contributed by atoms with Gasteiger partial charge in [0.05, 0.1) is 19.9 Å². The van der Waals surface area contributed by atoms with E-state index < -0.39 is 5.91 Å². The number of benzene rings is 1. The minimum absolute atomic E-state index is 0.0560. The number of carbonyl (C=O) groups is 1. The first-order valence-electron chi connectivity index (χ1n) is 7.01. The Labute approximate surface area is 137 Å². The van der Waals surface area contributed by atoms with Gasteiger partial charge >= 0.3 is 0 Å². The largest absolute Gasteiger partial charge is 0.481 e. The topological polar surface area (TPSA) is 126 Å². The number of primary amides is 1. The highest BCUT2D eigenvalue weighted by molar-refractivity contribution is 6.07. The minimum atomic E-state index is -0.726. The molecule has 0 aliphatic rings. The lowest BCUT2D eigenvalue weighted by molar-refractivity contribution is 0.0996. The second kappa shape index (κ2) is 5.99. The van der Waals surface area contributed by atoms with Crippen LogP contribution in [0.25, 0.3) is 22.0 Å². The summed E-state index contributed by atoms with van der Waals surface area (Å²) in [6.07, 6.45) is 0. The van der Waals surface area contributed by atoms with Crippen LogP contribution in [0.4, 0.5) is 5.69 Å². The van der Waals surface area contributed by atoms with Crippen molar-refractivity contribution < 1.29 is 14.3 Å². The van der Waals surface area contributed by atoms with Crippen molar-refractivity contribution in [1.29, 1.82) is 0 Å². The van der Waals surface area contributed by atoms with E-state index in [1.807, 2.05) is 6.07 Å². The Balaban J connectivity index is 2.28. The van der Waals surface area contributed by atoms with Crippen LogP contribution in [-0.4, -0.2) is 35.3 Å². The zero-order valence-electron chi connectivity index (χ0n) is 13.1. The summed E-state index contributed by atoms with van der Waals surface area (Å²) in [6.45, 7) is 0. The molecule has 0 spiro atoms. The predicted molar refractivity (Wildman–Crippen MR) is 88.8 cm³/mol. The number of nitrogens with zero attached hydrogens (tertiary/aromatic N) is 3. The van der Waals surface area contributed by atoms with Crippen LogP contribution in [-0.2, 0) is 0 Å². The molecule has 0 unspecified atom stereocenters. The van der Waals surface area contributed by atoms with Gasteiger partial charge in [0.2, 0.25) is 11.8 Å². The molecule has 0 saturated heterocycles. The van der Waals surface area contributed by atoms with Gasteiger partial charge in [-0.05, 0) is 6.07 Å². The number of nitrogens with two attached hydrogens (primary N) is 2. The van der Waals surface area contributed by atoms with Crippen LogP contribution >= 0.6 is 0 Å². The number of rotatable bonds is 4. The average Bonchev–Trinajstić information content (AvgIpc) is 2.60. The van der Waals surface area contributed by atoms with Crippen molar-refractivity contribution in [2.24, 2.45) is 5.73 Å². The highest BCUT2D eigenvalue weighted by atomic mass is 16.5. The first-order chi connectivity index (χ1) is 11.6. The van der Waals surface area contributed by atoms with Gasteiger partial charge in [0.15, 0.2) is 5.69 Å². The van der Waals surface area contributed by atoms with E-state index in [2.05, 4.69) is 15.2 Å². The van der Waals surface area contributed by atoms with E-state index in [4.69, 9.17) is 20.9 Å². The lowest BCUT2D eigenvalue weighted by atomic mass is 10.0.